The van der Waals surface area contributed by atoms with Gasteiger partial charge >= 0.3 is 0 Å². The summed E-state index contributed by atoms with van der Waals surface area (Å²) in [4.78, 5) is 17.9. The standard InChI is InChI=1S/C18H14N2O3S/c1-11-16(12-5-3-2-4-6-12)24-18(19-11)20-17(21)13-7-8-14-15(9-13)23-10-22-14/h2-9H,10H2,1H3,(H,19,20,21). The van der Waals surface area contributed by atoms with Crippen LogP contribution in [0.4, 0.5) is 5.13 Å². The number of benzene rings is 2. The molecule has 0 saturated carbocycles. The summed E-state index contributed by atoms with van der Waals surface area (Å²) in [6.07, 6.45) is 0. The highest BCUT2D eigenvalue weighted by atomic mass is 32.1. The number of hydrogen-bond acceptors (Lipinski definition) is 5. The van der Waals surface area contributed by atoms with Crippen LogP contribution in [-0.2, 0) is 0 Å². The molecule has 0 unspecified atom stereocenters. The maximum absolute atomic E-state index is 12.4. The molecule has 1 N–H and O–H groups in total. The van der Waals surface area contributed by atoms with Crippen molar-refractivity contribution in [3.8, 4) is 21.9 Å². The zero-order chi connectivity index (χ0) is 16.5. The number of amides is 1. The molecule has 0 fully saturated rings. The Labute approximate surface area is 142 Å². The van der Waals surface area contributed by atoms with Gasteiger partial charge in [-0.05, 0) is 30.7 Å². The number of carbonyl (C=O) groups is 1. The largest absolute Gasteiger partial charge is 0.454 e. The Balaban J connectivity index is 1.56. The van der Waals surface area contributed by atoms with E-state index in [1.807, 2.05) is 37.3 Å². The van der Waals surface area contributed by atoms with Gasteiger partial charge in [-0.15, -0.1) is 0 Å². The number of ether oxygens (including phenoxy) is 2. The maximum atomic E-state index is 12.4. The molecule has 0 aliphatic carbocycles. The van der Waals surface area contributed by atoms with Crippen LogP contribution in [0.3, 0.4) is 0 Å². The van der Waals surface area contributed by atoms with Crippen molar-refractivity contribution in [3.63, 3.8) is 0 Å². The highest BCUT2D eigenvalue weighted by Crippen LogP contribution is 2.34. The monoisotopic (exact) mass is 338 g/mol. The average Bonchev–Trinajstić information content (AvgIpc) is 3.21. The fourth-order valence-electron chi connectivity index (χ4n) is 2.51. The molecule has 1 aromatic heterocycles. The van der Waals surface area contributed by atoms with Gasteiger partial charge in [0, 0.05) is 5.56 Å². The summed E-state index contributed by atoms with van der Waals surface area (Å²) in [5.41, 5.74) is 2.50. The van der Waals surface area contributed by atoms with Gasteiger partial charge in [-0.2, -0.15) is 0 Å². The van der Waals surface area contributed by atoms with Gasteiger partial charge in [-0.1, -0.05) is 41.7 Å². The molecular formula is C18H14N2O3S. The highest BCUT2D eigenvalue weighted by Gasteiger charge is 2.17. The predicted octanol–water partition coefficient (Wildman–Crippen LogP) is 4.10. The minimum atomic E-state index is -0.221. The van der Waals surface area contributed by atoms with Gasteiger partial charge in [0.05, 0.1) is 10.6 Å². The van der Waals surface area contributed by atoms with Crippen molar-refractivity contribution < 1.29 is 14.3 Å². The van der Waals surface area contributed by atoms with Gasteiger partial charge in [0.25, 0.3) is 5.91 Å². The first-order valence-corrected chi connectivity index (χ1v) is 8.26. The third kappa shape index (κ3) is 2.72. The molecule has 4 rings (SSSR count). The van der Waals surface area contributed by atoms with E-state index < -0.39 is 0 Å². The third-order valence-electron chi connectivity index (χ3n) is 3.69. The average molecular weight is 338 g/mol. The van der Waals surface area contributed by atoms with Crippen molar-refractivity contribution >= 4 is 22.4 Å². The van der Waals surface area contributed by atoms with E-state index in [2.05, 4.69) is 10.3 Å². The molecule has 6 heteroatoms. The molecule has 0 spiro atoms. The zero-order valence-corrected chi connectivity index (χ0v) is 13.7. The zero-order valence-electron chi connectivity index (χ0n) is 12.9. The molecule has 5 nitrogen and oxygen atoms in total. The molecule has 0 radical (unpaired) electrons. The lowest BCUT2D eigenvalue weighted by molar-refractivity contribution is 0.102. The van der Waals surface area contributed by atoms with Crippen molar-refractivity contribution in [2.75, 3.05) is 12.1 Å². The summed E-state index contributed by atoms with van der Waals surface area (Å²) in [7, 11) is 0. The topological polar surface area (TPSA) is 60.5 Å². The van der Waals surface area contributed by atoms with Crippen LogP contribution in [0.5, 0.6) is 11.5 Å². The fourth-order valence-corrected chi connectivity index (χ4v) is 3.48. The molecule has 120 valence electrons. The van der Waals surface area contributed by atoms with Crippen molar-refractivity contribution in [2.45, 2.75) is 6.92 Å². The van der Waals surface area contributed by atoms with E-state index in [9.17, 15) is 4.79 Å². The van der Waals surface area contributed by atoms with Crippen LogP contribution in [0.1, 0.15) is 16.1 Å². The van der Waals surface area contributed by atoms with E-state index >= 15 is 0 Å². The van der Waals surface area contributed by atoms with Crippen LogP contribution in [0.2, 0.25) is 0 Å². The Bertz CT molecular complexity index is 906. The minimum absolute atomic E-state index is 0.187. The van der Waals surface area contributed by atoms with Gasteiger partial charge in [-0.25, -0.2) is 4.98 Å². The molecule has 0 bridgehead atoms. The lowest BCUT2D eigenvalue weighted by Gasteiger charge is -2.03. The third-order valence-corrected chi connectivity index (χ3v) is 4.81. The Morgan fingerprint density at radius 1 is 1.12 bits per heavy atom. The number of aromatic nitrogens is 1. The summed E-state index contributed by atoms with van der Waals surface area (Å²) in [6.45, 7) is 2.13. The lowest BCUT2D eigenvalue weighted by Crippen LogP contribution is -2.11. The normalized spacial score (nSPS) is 12.2. The van der Waals surface area contributed by atoms with Gasteiger partial charge in [0.1, 0.15) is 0 Å². The molecule has 2 heterocycles. The van der Waals surface area contributed by atoms with Crippen LogP contribution >= 0.6 is 11.3 Å². The molecule has 2 aromatic carbocycles. The smallest absolute Gasteiger partial charge is 0.257 e. The first-order chi connectivity index (χ1) is 11.7. The SMILES string of the molecule is Cc1nc(NC(=O)c2ccc3c(c2)OCO3)sc1-c1ccccc1. The van der Waals surface area contributed by atoms with Gasteiger partial charge in [-0.3, -0.25) is 10.1 Å². The number of nitrogens with zero attached hydrogens (tertiary/aromatic N) is 1. The van der Waals surface area contributed by atoms with Crippen LogP contribution < -0.4 is 14.8 Å². The van der Waals surface area contributed by atoms with Crippen molar-refractivity contribution in [3.05, 3.63) is 59.8 Å². The van der Waals surface area contributed by atoms with Crippen molar-refractivity contribution in [1.29, 1.82) is 0 Å². The van der Waals surface area contributed by atoms with E-state index in [1.54, 1.807) is 18.2 Å². The number of carbonyl (C=O) groups excluding carboxylic acids is 1. The van der Waals surface area contributed by atoms with Crippen molar-refractivity contribution in [1.82, 2.24) is 4.98 Å². The quantitative estimate of drug-likeness (QED) is 0.781. The molecule has 1 aliphatic heterocycles. The Hall–Kier alpha value is -2.86. The number of aryl methyl sites for hydroxylation is 1. The molecule has 1 amide bonds. The summed E-state index contributed by atoms with van der Waals surface area (Å²) in [5.74, 6) is 1.02. The van der Waals surface area contributed by atoms with Crippen LogP contribution in [0.25, 0.3) is 10.4 Å². The highest BCUT2D eigenvalue weighted by molar-refractivity contribution is 7.19. The number of fused-ring (bicyclic) bond motifs is 1. The Kier molecular flexibility index (Phi) is 3.66. The second-order valence-electron chi connectivity index (χ2n) is 5.32. The second kappa shape index (κ2) is 5.98. The van der Waals surface area contributed by atoms with Crippen LogP contribution in [-0.4, -0.2) is 17.7 Å². The van der Waals surface area contributed by atoms with E-state index in [4.69, 9.17) is 9.47 Å². The lowest BCUT2D eigenvalue weighted by atomic mass is 10.2. The summed E-state index contributed by atoms with van der Waals surface area (Å²) in [6, 6.07) is 15.1. The van der Waals surface area contributed by atoms with E-state index in [-0.39, 0.29) is 12.7 Å². The second-order valence-corrected chi connectivity index (χ2v) is 6.32. The van der Waals surface area contributed by atoms with E-state index in [0.29, 0.717) is 22.2 Å². The predicted molar refractivity (Wildman–Crippen MR) is 92.8 cm³/mol. The summed E-state index contributed by atoms with van der Waals surface area (Å²) in [5, 5.41) is 3.43. The number of rotatable bonds is 3. The van der Waals surface area contributed by atoms with Gasteiger partial charge in [0.2, 0.25) is 6.79 Å². The Morgan fingerprint density at radius 3 is 2.75 bits per heavy atom. The maximum Gasteiger partial charge on any atom is 0.257 e. The number of hydrogen-bond donors (Lipinski definition) is 1. The van der Waals surface area contributed by atoms with E-state index in [1.165, 1.54) is 11.3 Å². The summed E-state index contributed by atoms with van der Waals surface area (Å²) >= 11 is 1.46. The van der Waals surface area contributed by atoms with Gasteiger partial charge < -0.3 is 9.47 Å². The molecule has 3 aromatic rings. The molecule has 0 saturated heterocycles. The molecule has 1 aliphatic rings. The molecular weight excluding hydrogens is 324 g/mol. The number of anilines is 1. The minimum Gasteiger partial charge on any atom is -0.454 e. The fraction of sp³-hybridized carbons (Fsp3) is 0.111. The van der Waals surface area contributed by atoms with E-state index in [0.717, 1.165) is 16.1 Å². The molecule has 0 atom stereocenters. The van der Waals surface area contributed by atoms with Crippen LogP contribution in [0, 0.1) is 6.92 Å². The Morgan fingerprint density at radius 2 is 1.92 bits per heavy atom. The van der Waals surface area contributed by atoms with Gasteiger partial charge in [0.15, 0.2) is 16.6 Å². The first-order valence-electron chi connectivity index (χ1n) is 7.44. The summed E-state index contributed by atoms with van der Waals surface area (Å²) < 4.78 is 10.6. The first kappa shape index (κ1) is 14.7. The van der Waals surface area contributed by atoms with Crippen LogP contribution in [0.15, 0.2) is 48.5 Å². The van der Waals surface area contributed by atoms with Crippen molar-refractivity contribution in [2.24, 2.45) is 0 Å². The molecule has 24 heavy (non-hydrogen) atoms. The number of nitrogens with one attached hydrogen (secondary N) is 1. The number of thiazole rings is 1.